The molecule has 0 aliphatic heterocycles. The van der Waals surface area contributed by atoms with Gasteiger partial charge in [0, 0.05) is 18.0 Å². The van der Waals surface area contributed by atoms with E-state index in [-0.39, 0.29) is 0 Å². The Kier molecular flexibility index (Phi) is 3.77. The van der Waals surface area contributed by atoms with E-state index in [0.29, 0.717) is 22.5 Å². The van der Waals surface area contributed by atoms with Gasteiger partial charge in [-0.05, 0) is 24.3 Å². The summed E-state index contributed by atoms with van der Waals surface area (Å²) in [7, 11) is 0. The summed E-state index contributed by atoms with van der Waals surface area (Å²) in [6, 6.07) is 8.76. The van der Waals surface area contributed by atoms with Crippen LogP contribution in [0.4, 0.5) is 29.1 Å². The highest BCUT2D eigenvalue weighted by Crippen LogP contribution is 2.30. The Balaban J connectivity index is 1.83. The lowest BCUT2D eigenvalue weighted by atomic mass is 10.3. The maximum absolute atomic E-state index is 12.9. The molecule has 2 N–H and O–H groups in total. The second kappa shape index (κ2) is 5.75. The SMILES string of the molecule is FC(F)C(F)(F)Oc1cccc(Nc2n[nH]c3cccnc23)c1. The van der Waals surface area contributed by atoms with Crippen molar-refractivity contribution in [1.82, 2.24) is 15.2 Å². The Morgan fingerprint density at radius 3 is 2.78 bits per heavy atom. The van der Waals surface area contributed by atoms with Crippen LogP contribution in [-0.4, -0.2) is 27.7 Å². The Bertz CT molecular complexity index is 821. The molecule has 0 unspecified atom stereocenters. The number of benzene rings is 1. The van der Waals surface area contributed by atoms with Crippen LogP contribution in [0.1, 0.15) is 0 Å². The minimum Gasteiger partial charge on any atom is -0.428 e. The quantitative estimate of drug-likeness (QED) is 0.697. The third-order valence-corrected chi connectivity index (χ3v) is 2.92. The molecule has 0 radical (unpaired) electrons. The standard InChI is InChI=1S/C14H10F4N4O/c15-13(16)14(17,18)23-9-4-1-3-8(7-9)20-12-11-10(21-22-12)5-2-6-19-11/h1-7,13H,(H2,20,21,22). The minimum atomic E-state index is -4.56. The predicted octanol–water partition coefficient (Wildman–Crippen LogP) is 3.94. The normalized spacial score (nSPS) is 11.9. The number of aromatic nitrogens is 3. The zero-order chi connectivity index (χ0) is 16.4. The molecule has 0 fully saturated rings. The van der Waals surface area contributed by atoms with Crippen molar-refractivity contribution in [1.29, 1.82) is 0 Å². The van der Waals surface area contributed by atoms with Gasteiger partial charge in [-0.25, -0.2) is 0 Å². The van der Waals surface area contributed by atoms with Gasteiger partial charge in [-0.3, -0.25) is 10.1 Å². The van der Waals surface area contributed by atoms with E-state index in [2.05, 4.69) is 25.2 Å². The molecule has 0 saturated heterocycles. The third-order valence-electron chi connectivity index (χ3n) is 2.92. The van der Waals surface area contributed by atoms with Crippen molar-refractivity contribution in [2.45, 2.75) is 12.5 Å². The summed E-state index contributed by atoms with van der Waals surface area (Å²) >= 11 is 0. The van der Waals surface area contributed by atoms with Gasteiger partial charge in [-0.2, -0.15) is 22.7 Å². The van der Waals surface area contributed by atoms with Crippen molar-refractivity contribution in [3.05, 3.63) is 42.6 Å². The first-order chi connectivity index (χ1) is 11.0. The van der Waals surface area contributed by atoms with Gasteiger partial charge in [-0.15, -0.1) is 0 Å². The molecule has 23 heavy (non-hydrogen) atoms. The molecule has 3 rings (SSSR count). The van der Waals surface area contributed by atoms with Crippen molar-refractivity contribution in [3.63, 3.8) is 0 Å². The average Bonchev–Trinajstić information content (AvgIpc) is 2.90. The first-order valence-corrected chi connectivity index (χ1v) is 6.47. The summed E-state index contributed by atoms with van der Waals surface area (Å²) in [6.45, 7) is 0. The van der Waals surface area contributed by atoms with E-state index in [9.17, 15) is 17.6 Å². The zero-order valence-corrected chi connectivity index (χ0v) is 11.4. The molecular weight excluding hydrogens is 316 g/mol. The predicted molar refractivity (Wildman–Crippen MR) is 75.2 cm³/mol. The van der Waals surface area contributed by atoms with Gasteiger partial charge in [-0.1, -0.05) is 6.07 Å². The maximum atomic E-state index is 12.9. The second-order valence-electron chi connectivity index (χ2n) is 4.59. The fraction of sp³-hybridized carbons (Fsp3) is 0.143. The van der Waals surface area contributed by atoms with E-state index >= 15 is 0 Å². The Hall–Kier alpha value is -2.84. The number of pyridine rings is 1. The van der Waals surface area contributed by atoms with Crippen molar-refractivity contribution < 1.29 is 22.3 Å². The van der Waals surface area contributed by atoms with Crippen molar-refractivity contribution in [2.24, 2.45) is 0 Å². The van der Waals surface area contributed by atoms with Crippen LogP contribution in [0.15, 0.2) is 42.6 Å². The molecule has 0 spiro atoms. The number of halogens is 4. The number of ether oxygens (including phenoxy) is 1. The molecule has 0 amide bonds. The highest BCUT2D eigenvalue weighted by Gasteiger charge is 2.43. The van der Waals surface area contributed by atoms with Crippen molar-refractivity contribution in [3.8, 4) is 5.75 Å². The molecule has 3 aromatic rings. The number of hydrogen-bond donors (Lipinski definition) is 2. The number of H-pyrrole nitrogens is 1. The first kappa shape index (κ1) is 15.1. The van der Waals surface area contributed by atoms with E-state index in [1.165, 1.54) is 12.1 Å². The van der Waals surface area contributed by atoms with Crippen LogP contribution in [0.5, 0.6) is 5.75 Å². The summed E-state index contributed by atoms with van der Waals surface area (Å²) in [5.74, 6) is -0.0218. The van der Waals surface area contributed by atoms with E-state index in [1.807, 2.05) is 0 Å². The van der Waals surface area contributed by atoms with Gasteiger partial charge in [0.2, 0.25) is 0 Å². The molecule has 9 heteroatoms. The second-order valence-corrected chi connectivity index (χ2v) is 4.59. The zero-order valence-electron chi connectivity index (χ0n) is 11.4. The molecule has 2 heterocycles. The molecular formula is C14H10F4N4O. The number of aromatic amines is 1. The average molecular weight is 326 g/mol. The summed E-state index contributed by atoms with van der Waals surface area (Å²) < 4.78 is 54.2. The van der Waals surface area contributed by atoms with Gasteiger partial charge in [0.15, 0.2) is 5.82 Å². The van der Waals surface area contributed by atoms with Gasteiger partial charge in [0.05, 0.1) is 5.52 Å². The third kappa shape index (κ3) is 3.17. The fourth-order valence-corrected chi connectivity index (χ4v) is 1.92. The number of nitrogens with one attached hydrogen (secondary N) is 2. The molecule has 0 saturated carbocycles. The lowest BCUT2D eigenvalue weighted by Crippen LogP contribution is -2.33. The Morgan fingerprint density at radius 1 is 1.17 bits per heavy atom. The molecule has 1 aromatic carbocycles. The molecule has 2 aromatic heterocycles. The van der Waals surface area contributed by atoms with Crippen molar-refractivity contribution in [2.75, 3.05) is 5.32 Å². The number of hydrogen-bond acceptors (Lipinski definition) is 4. The Labute approximate surface area is 127 Å². The minimum absolute atomic E-state index is 0.339. The summed E-state index contributed by atoms with van der Waals surface area (Å²) in [6.07, 6.45) is -6.90. The van der Waals surface area contributed by atoms with E-state index in [4.69, 9.17) is 0 Å². The molecule has 0 aliphatic carbocycles. The van der Waals surface area contributed by atoms with Crippen LogP contribution in [-0.2, 0) is 0 Å². The fourth-order valence-electron chi connectivity index (χ4n) is 1.92. The lowest BCUT2D eigenvalue weighted by molar-refractivity contribution is -0.253. The van der Waals surface area contributed by atoms with Gasteiger partial charge in [0.1, 0.15) is 11.3 Å². The number of alkyl halides is 4. The summed E-state index contributed by atoms with van der Waals surface area (Å²) in [5, 5.41) is 9.63. The van der Waals surface area contributed by atoms with Crippen LogP contribution in [0, 0.1) is 0 Å². The number of anilines is 2. The first-order valence-electron chi connectivity index (χ1n) is 6.47. The number of nitrogens with zero attached hydrogens (tertiary/aromatic N) is 2. The maximum Gasteiger partial charge on any atom is 0.461 e. The van der Waals surface area contributed by atoms with Crippen LogP contribution in [0.3, 0.4) is 0 Å². The summed E-state index contributed by atoms with van der Waals surface area (Å²) in [4.78, 5) is 4.14. The van der Waals surface area contributed by atoms with Gasteiger partial charge >= 0.3 is 12.5 Å². The molecule has 0 atom stereocenters. The smallest absolute Gasteiger partial charge is 0.428 e. The molecule has 120 valence electrons. The number of rotatable bonds is 5. The molecule has 5 nitrogen and oxygen atoms in total. The van der Waals surface area contributed by atoms with Gasteiger partial charge in [0.25, 0.3) is 0 Å². The molecule has 0 bridgehead atoms. The van der Waals surface area contributed by atoms with Crippen molar-refractivity contribution >= 4 is 22.5 Å². The van der Waals surface area contributed by atoms with Crippen LogP contribution < -0.4 is 10.1 Å². The Morgan fingerprint density at radius 2 is 2.00 bits per heavy atom. The van der Waals surface area contributed by atoms with Gasteiger partial charge < -0.3 is 10.1 Å². The number of fused-ring (bicyclic) bond motifs is 1. The topological polar surface area (TPSA) is 62.8 Å². The van der Waals surface area contributed by atoms with E-state index in [0.717, 1.165) is 6.07 Å². The monoisotopic (exact) mass is 326 g/mol. The van der Waals surface area contributed by atoms with E-state index in [1.54, 1.807) is 24.4 Å². The largest absolute Gasteiger partial charge is 0.461 e. The highest BCUT2D eigenvalue weighted by molar-refractivity contribution is 5.87. The van der Waals surface area contributed by atoms with Crippen LogP contribution in [0.25, 0.3) is 11.0 Å². The van der Waals surface area contributed by atoms with Crippen LogP contribution >= 0.6 is 0 Å². The van der Waals surface area contributed by atoms with E-state index < -0.39 is 18.3 Å². The lowest BCUT2D eigenvalue weighted by Gasteiger charge is -2.17. The molecule has 0 aliphatic rings. The van der Waals surface area contributed by atoms with Crippen LogP contribution in [0.2, 0.25) is 0 Å². The summed E-state index contributed by atoms with van der Waals surface area (Å²) in [5.41, 5.74) is 1.58. The highest BCUT2D eigenvalue weighted by atomic mass is 19.3.